The van der Waals surface area contributed by atoms with E-state index >= 15 is 0 Å². The highest BCUT2D eigenvalue weighted by molar-refractivity contribution is 8.00. The summed E-state index contributed by atoms with van der Waals surface area (Å²) in [4.78, 5) is 43.5. The van der Waals surface area contributed by atoms with Crippen molar-refractivity contribution < 1.29 is 9.59 Å². The van der Waals surface area contributed by atoms with Crippen molar-refractivity contribution in [3.63, 3.8) is 0 Å². The summed E-state index contributed by atoms with van der Waals surface area (Å²) < 4.78 is 1.55. The van der Waals surface area contributed by atoms with Crippen molar-refractivity contribution in [2.75, 3.05) is 6.54 Å². The molecule has 9 heteroatoms. The van der Waals surface area contributed by atoms with E-state index in [1.54, 1.807) is 54.0 Å². The van der Waals surface area contributed by atoms with Crippen LogP contribution in [0.2, 0.25) is 5.02 Å². The zero-order chi connectivity index (χ0) is 24.8. The van der Waals surface area contributed by atoms with Gasteiger partial charge in [0.1, 0.15) is 5.25 Å². The van der Waals surface area contributed by atoms with Crippen molar-refractivity contribution in [1.82, 2.24) is 20.2 Å². The number of carbonyl (C=O) groups is 2. The van der Waals surface area contributed by atoms with Gasteiger partial charge in [-0.15, -0.1) is 0 Å². The Morgan fingerprint density at radius 1 is 1.00 bits per heavy atom. The van der Waals surface area contributed by atoms with E-state index in [9.17, 15) is 14.4 Å². The summed E-state index contributed by atoms with van der Waals surface area (Å²) in [6.45, 7) is 2.40. The molecule has 0 fully saturated rings. The summed E-state index contributed by atoms with van der Waals surface area (Å²) in [7, 11) is 0. The maximum atomic E-state index is 13.5. The number of hydrogen-bond donors (Lipinski definition) is 2. The van der Waals surface area contributed by atoms with E-state index in [1.165, 1.54) is 0 Å². The molecule has 0 bridgehead atoms. The number of fused-ring (bicyclic) bond motifs is 1. The first-order valence-electron chi connectivity index (χ1n) is 11.0. The second-order valence-electron chi connectivity index (χ2n) is 7.69. The number of hydrogen-bond acceptors (Lipinski definition) is 5. The molecule has 35 heavy (non-hydrogen) atoms. The second-order valence-corrected chi connectivity index (χ2v) is 9.20. The Labute approximate surface area is 211 Å². The zero-order valence-corrected chi connectivity index (χ0v) is 20.5. The molecule has 3 amide bonds. The summed E-state index contributed by atoms with van der Waals surface area (Å²) in [6, 6.07) is 22.8. The number of carbonyl (C=O) groups excluding carboxylic acids is 2. The molecule has 0 saturated carbocycles. The molecule has 178 valence electrons. The SMILES string of the molecule is CCNC(=O)NC(=O)[C@@H](Sc1nc2ccccc2c(=O)n1Cc1ccc(Cl)cc1)c1ccccc1. The first-order valence-corrected chi connectivity index (χ1v) is 12.3. The number of rotatable bonds is 7. The Morgan fingerprint density at radius 2 is 1.69 bits per heavy atom. The topological polar surface area (TPSA) is 93.1 Å². The van der Waals surface area contributed by atoms with E-state index in [-0.39, 0.29) is 12.1 Å². The Bertz CT molecular complexity index is 1410. The highest BCUT2D eigenvalue weighted by atomic mass is 35.5. The van der Waals surface area contributed by atoms with Crippen molar-refractivity contribution in [3.05, 3.63) is 105 Å². The van der Waals surface area contributed by atoms with Gasteiger partial charge >= 0.3 is 6.03 Å². The summed E-state index contributed by atoms with van der Waals surface area (Å²) in [5, 5.41) is 5.58. The van der Waals surface area contributed by atoms with Gasteiger partial charge in [-0.1, -0.05) is 78.0 Å². The van der Waals surface area contributed by atoms with Crippen LogP contribution in [0.25, 0.3) is 10.9 Å². The molecule has 1 aromatic heterocycles. The predicted octanol–water partition coefficient (Wildman–Crippen LogP) is 4.78. The standard InChI is InChI=1S/C26H23ClN4O3S/c1-2-28-25(34)30-23(32)22(18-8-4-3-5-9-18)35-26-29-21-11-7-6-10-20(21)24(33)31(26)16-17-12-14-19(27)15-13-17/h3-15,22H,2,16H2,1H3,(H2,28,30,32,34)/t22-/m0/s1. The van der Waals surface area contributed by atoms with Gasteiger partial charge in [-0.2, -0.15) is 0 Å². The third kappa shape index (κ3) is 5.90. The molecule has 1 heterocycles. The third-order valence-electron chi connectivity index (χ3n) is 5.22. The van der Waals surface area contributed by atoms with Crippen LogP contribution < -0.4 is 16.2 Å². The molecule has 0 unspecified atom stereocenters. The Kier molecular flexibility index (Phi) is 7.84. The van der Waals surface area contributed by atoms with Crippen LogP contribution in [0, 0.1) is 0 Å². The predicted molar refractivity (Wildman–Crippen MR) is 139 cm³/mol. The average molecular weight is 507 g/mol. The van der Waals surface area contributed by atoms with E-state index in [0.717, 1.165) is 17.3 Å². The largest absolute Gasteiger partial charge is 0.338 e. The van der Waals surface area contributed by atoms with Gasteiger partial charge in [0.25, 0.3) is 5.56 Å². The van der Waals surface area contributed by atoms with E-state index in [0.29, 0.717) is 33.2 Å². The van der Waals surface area contributed by atoms with Gasteiger partial charge in [0.15, 0.2) is 5.16 Å². The molecule has 4 aromatic rings. The average Bonchev–Trinajstić information content (AvgIpc) is 2.86. The lowest BCUT2D eigenvalue weighted by atomic mass is 10.1. The number of nitrogens with one attached hydrogen (secondary N) is 2. The molecular weight excluding hydrogens is 484 g/mol. The number of urea groups is 1. The maximum Gasteiger partial charge on any atom is 0.321 e. The van der Waals surface area contributed by atoms with Crippen molar-refractivity contribution in [3.8, 4) is 0 Å². The minimum atomic E-state index is -0.816. The molecule has 0 radical (unpaired) electrons. The van der Waals surface area contributed by atoms with Gasteiger partial charge < -0.3 is 5.32 Å². The molecule has 2 N–H and O–H groups in total. The van der Waals surface area contributed by atoms with E-state index in [4.69, 9.17) is 16.6 Å². The lowest BCUT2D eigenvalue weighted by Gasteiger charge is -2.19. The van der Waals surface area contributed by atoms with Gasteiger partial charge in [0, 0.05) is 11.6 Å². The van der Waals surface area contributed by atoms with Crippen LogP contribution in [0.3, 0.4) is 0 Å². The fourth-order valence-corrected chi connectivity index (χ4v) is 4.76. The molecule has 0 aliphatic rings. The molecule has 4 rings (SSSR count). The zero-order valence-electron chi connectivity index (χ0n) is 18.9. The molecule has 0 aliphatic carbocycles. The number of aromatic nitrogens is 2. The van der Waals surface area contributed by atoms with Crippen LogP contribution in [0.1, 0.15) is 23.3 Å². The highest BCUT2D eigenvalue weighted by Crippen LogP contribution is 2.35. The molecule has 0 saturated heterocycles. The smallest absolute Gasteiger partial charge is 0.321 e. The van der Waals surface area contributed by atoms with Crippen molar-refractivity contribution in [1.29, 1.82) is 0 Å². The normalized spacial score (nSPS) is 11.7. The van der Waals surface area contributed by atoms with Gasteiger partial charge in [0.05, 0.1) is 17.4 Å². The monoisotopic (exact) mass is 506 g/mol. The van der Waals surface area contributed by atoms with E-state index in [1.807, 2.05) is 36.4 Å². The van der Waals surface area contributed by atoms with Gasteiger partial charge in [-0.25, -0.2) is 9.78 Å². The highest BCUT2D eigenvalue weighted by Gasteiger charge is 2.26. The maximum absolute atomic E-state index is 13.5. The van der Waals surface area contributed by atoms with Gasteiger partial charge in [-0.05, 0) is 42.3 Å². The number of benzene rings is 3. The molecule has 7 nitrogen and oxygen atoms in total. The lowest BCUT2D eigenvalue weighted by Crippen LogP contribution is -2.41. The van der Waals surface area contributed by atoms with Crippen molar-refractivity contribution in [2.45, 2.75) is 23.9 Å². The van der Waals surface area contributed by atoms with Gasteiger partial charge in [-0.3, -0.25) is 19.5 Å². The minimum Gasteiger partial charge on any atom is -0.338 e. The summed E-state index contributed by atoms with van der Waals surface area (Å²) in [5.74, 6) is -0.507. The lowest BCUT2D eigenvalue weighted by molar-refractivity contribution is -0.119. The quantitative estimate of drug-likeness (QED) is 0.278. The number of imide groups is 1. The minimum absolute atomic E-state index is 0.219. The fraction of sp³-hybridized carbons (Fsp3) is 0.154. The molecule has 0 spiro atoms. The summed E-state index contributed by atoms with van der Waals surface area (Å²) in [6.07, 6.45) is 0. The van der Waals surface area contributed by atoms with Crippen LogP contribution in [0.15, 0.2) is 88.8 Å². The molecule has 1 atom stereocenters. The Balaban J connectivity index is 1.79. The summed E-state index contributed by atoms with van der Waals surface area (Å²) >= 11 is 7.15. The van der Waals surface area contributed by atoms with Crippen LogP contribution in [-0.2, 0) is 11.3 Å². The first kappa shape index (κ1) is 24.5. The number of thioether (sulfide) groups is 1. The number of para-hydroxylation sites is 1. The van der Waals surface area contributed by atoms with Crippen molar-refractivity contribution >= 4 is 46.2 Å². The molecule has 0 aliphatic heterocycles. The molecular formula is C26H23ClN4O3S. The van der Waals surface area contributed by atoms with Crippen LogP contribution in [-0.4, -0.2) is 28.0 Å². The van der Waals surface area contributed by atoms with Crippen LogP contribution in [0.5, 0.6) is 0 Å². The van der Waals surface area contributed by atoms with Crippen molar-refractivity contribution in [2.24, 2.45) is 0 Å². The number of halogens is 1. The van der Waals surface area contributed by atoms with Crippen LogP contribution in [0.4, 0.5) is 4.79 Å². The first-order chi connectivity index (χ1) is 17.0. The Hall–Kier alpha value is -3.62. The molecule has 3 aromatic carbocycles. The number of nitrogens with zero attached hydrogens (tertiary/aromatic N) is 2. The Morgan fingerprint density at radius 3 is 2.40 bits per heavy atom. The fourth-order valence-electron chi connectivity index (χ4n) is 3.54. The van der Waals surface area contributed by atoms with Gasteiger partial charge in [0.2, 0.25) is 5.91 Å². The van der Waals surface area contributed by atoms with E-state index in [2.05, 4.69) is 10.6 Å². The number of amides is 3. The van der Waals surface area contributed by atoms with E-state index < -0.39 is 17.2 Å². The summed E-state index contributed by atoms with van der Waals surface area (Å²) in [5.41, 5.74) is 1.85. The second kappa shape index (κ2) is 11.2. The van der Waals surface area contributed by atoms with Crippen LogP contribution >= 0.6 is 23.4 Å². The third-order valence-corrected chi connectivity index (χ3v) is 6.71.